The first-order chi connectivity index (χ1) is 8.12. The number of hydrogen-bond donors (Lipinski definition) is 1. The van der Waals surface area contributed by atoms with Crippen molar-refractivity contribution in [1.82, 2.24) is 0 Å². The molecule has 0 amide bonds. The Bertz CT molecular complexity index is 574. The number of ether oxygens (including phenoxy) is 1. The lowest BCUT2D eigenvalue weighted by molar-refractivity contribution is 0.414. The van der Waals surface area contributed by atoms with Gasteiger partial charge < -0.3 is 4.74 Å². The molecule has 1 aromatic carbocycles. The molecule has 17 heavy (non-hydrogen) atoms. The molecule has 1 heterocycles. The van der Waals surface area contributed by atoms with Crippen LogP contribution in [0.3, 0.4) is 0 Å². The van der Waals surface area contributed by atoms with Gasteiger partial charge in [-0.25, -0.2) is 8.42 Å². The van der Waals surface area contributed by atoms with Crippen LogP contribution >= 0.6 is 11.3 Å². The molecule has 6 heteroatoms. The fourth-order valence-electron chi connectivity index (χ4n) is 1.29. The van der Waals surface area contributed by atoms with Crippen LogP contribution < -0.4 is 9.46 Å². The van der Waals surface area contributed by atoms with Crippen LogP contribution in [0.25, 0.3) is 0 Å². The summed E-state index contributed by atoms with van der Waals surface area (Å²) >= 11 is 1.43. The fraction of sp³-hybridized carbons (Fsp3) is 0.0909. The highest BCUT2D eigenvalue weighted by Crippen LogP contribution is 2.20. The molecule has 0 bridgehead atoms. The molecule has 0 unspecified atom stereocenters. The fourth-order valence-corrected chi connectivity index (χ4v) is 3.00. The van der Waals surface area contributed by atoms with Gasteiger partial charge in [-0.1, -0.05) is 0 Å². The highest BCUT2D eigenvalue weighted by molar-refractivity contribution is 7.92. The lowest BCUT2D eigenvalue weighted by Crippen LogP contribution is -2.12. The Kier molecular flexibility index (Phi) is 3.35. The van der Waals surface area contributed by atoms with Crippen molar-refractivity contribution < 1.29 is 13.2 Å². The topological polar surface area (TPSA) is 55.4 Å². The Morgan fingerprint density at radius 1 is 1.18 bits per heavy atom. The maximum absolute atomic E-state index is 12.0. The van der Waals surface area contributed by atoms with Gasteiger partial charge in [0, 0.05) is 5.38 Å². The first-order valence-corrected chi connectivity index (χ1v) is 7.23. The largest absolute Gasteiger partial charge is 0.497 e. The second kappa shape index (κ2) is 4.77. The average Bonchev–Trinajstić information content (AvgIpc) is 2.81. The van der Waals surface area contributed by atoms with Crippen molar-refractivity contribution in [3.63, 3.8) is 0 Å². The van der Waals surface area contributed by atoms with Crippen LogP contribution in [0.1, 0.15) is 0 Å². The smallest absolute Gasteiger partial charge is 0.261 e. The minimum Gasteiger partial charge on any atom is -0.497 e. The van der Waals surface area contributed by atoms with E-state index >= 15 is 0 Å². The van der Waals surface area contributed by atoms with Gasteiger partial charge in [0.05, 0.1) is 17.7 Å². The Balaban J connectivity index is 2.25. The number of hydrogen-bond acceptors (Lipinski definition) is 4. The maximum Gasteiger partial charge on any atom is 0.261 e. The Morgan fingerprint density at radius 2 is 1.88 bits per heavy atom. The predicted molar refractivity (Wildman–Crippen MR) is 68.1 cm³/mol. The van der Waals surface area contributed by atoms with E-state index in [4.69, 9.17) is 4.74 Å². The molecule has 90 valence electrons. The highest BCUT2D eigenvalue weighted by Gasteiger charge is 2.13. The third-order valence-corrected chi connectivity index (χ3v) is 4.22. The first-order valence-electron chi connectivity index (χ1n) is 4.81. The third kappa shape index (κ3) is 2.78. The average molecular weight is 269 g/mol. The van der Waals surface area contributed by atoms with E-state index in [1.54, 1.807) is 23.6 Å². The summed E-state index contributed by atoms with van der Waals surface area (Å²) in [4.78, 5) is 0.213. The van der Waals surface area contributed by atoms with E-state index < -0.39 is 10.0 Å². The summed E-state index contributed by atoms with van der Waals surface area (Å²) in [7, 11) is -1.97. The molecule has 2 rings (SSSR count). The van der Waals surface area contributed by atoms with E-state index in [1.807, 2.05) is 5.38 Å². The molecule has 0 atom stereocenters. The normalized spacial score (nSPS) is 11.1. The number of rotatable bonds is 4. The minimum absolute atomic E-state index is 0.213. The zero-order valence-electron chi connectivity index (χ0n) is 9.08. The number of anilines is 1. The molecule has 4 nitrogen and oxygen atoms in total. The van der Waals surface area contributed by atoms with Crippen LogP contribution in [0, 0.1) is 0 Å². The van der Waals surface area contributed by atoms with Crippen molar-refractivity contribution in [2.75, 3.05) is 11.8 Å². The van der Waals surface area contributed by atoms with Gasteiger partial charge in [0.25, 0.3) is 10.0 Å². The van der Waals surface area contributed by atoms with Crippen molar-refractivity contribution in [3.05, 3.63) is 41.1 Å². The Labute approximate surface area is 104 Å². The van der Waals surface area contributed by atoms with Crippen LogP contribution in [-0.4, -0.2) is 15.5 Å². The van der Waals surface area contributed by atoms with Gasteiger partial charge in [0.2, 0.25) is 0 Å². The van der Waals surface area contributed by atoms with Crippen molar-refractivity contribution in [1.29, 1.82) is 0 Å². The number of sulfonamides is 1. The molecule has 1 aromatic heterocycles. The SMILES string of the molecule is COc1ccc(S(=O)(=O)Nc2ccsc2)cc1. The number of thiophene rings is 1. The Hall–Kier alpha value is -1.53. The predicted octanol–water partition coefficient (Wildman–Crippen LogP) is 2.56. The molecular weight excluding hydrogens is 258 g/mol. The second-order valence-electron chi connectivity index (χ2n) is 3.29. The van der Waals surface area contributed by atoms with Crippen molar-refractivity contribution in [2.24, 2.45) is 0 Å². The standard InChI is InChI=1S/C11H11NO3S2/c1-15-10-2-4-11(5-3-10)17(13,14)12-9-6-7-16-8-9/h2-8,12H,1H3. The van der Waals surface area contributed by atoms with Crippen LogP contribution in [-0.2, 0) is 10.0 Å². The molecule has 1 N–H and O–H groups in total. The summed E-state index contributed by atoms with van der Waals surface area (Å²) in [6.45, 7) is 0. The van der Waals surface area contributed by atoms with E-state index in [0.717, 1.165) is 0 Å². The van der Waals surface area contributed by atoms with E-state index in [-0.39, 0.29) is 4.90 Å². The third-order valence-electron chi connectivity index (χ3n) is 2.14. The summed E-state index contributed by atoms with van der Waals surface area (Å²) < 4.78 is 31.4. The molecule has 0 aliphatic carbocycles. The molecular formula is C11H11NO3S2. The number of nitrogens with one attached hydrogen (secondary N) is 1. The lowest BCUT2D eigenvalue weighted by atomic mass is 10.3. The monoisotopic (exact) mass is 269 g/mol. The first kappa shape index (κ1) is 11.9. The quantitative estimate of drug-likeness (QED) is 0.928. The van der Waals surface area contributed by atoms with Crippen LogP contribution in [0.5, 0.6) is 5.75 Å². The van der Waals surface area contributed by atoms with Gasteiger partial charge in [-0.2, -0.15) is 11.3 Å². The zero-order valence-corrected chi connectivity index (χ0v) is 10.7. The van der Waals surface area contributed by atoms with E-state index in [0.29, 0.717) is 11.4 Å². The molecule has 0 aliphatic heterocycles. The molecule has 2 aromatic rings. The van der Waals surface area contributed by atoms with Gasteiger partial charge in [0.15, 0.2) is 0 Å². The number of methoxy groups -OCH3 is 1. The van der Waals surface area contributed by atoms with Gasteiger partial charge in [-0.15, -0.1) is 0 Å². The molecule has 0 spiro atoms. The van der Waals surface area contributed by atoms with Gasteiger partial charge in [-0.05, 0) is 35.7 Å². The summed E-state index contributed by atoms with van der Waals surface area (Å²) in [6.07, 6.45) is 0. The molecule has 0 saturated heterocycles. The van der Waals surface area contributed by atoms with E-state index in [2.05, 4.69) is 4.72 Å². The van der Waals surface area contributed by atoms with E-state index in [9.17, 15) is 8.42 Å². The van der Waals surface area contributed by atoms with Crippen molar-refractivity contribution in [2.45, 2.75) is 4.90 Å². The van der Waals surface area contributed by atoms with Gasteiger partial charge in [0.1, 0.15) is 5.75 Å². The van der Waals surface area contributed by atoms with Crippen molar-refractivity contribution >= 4 is 27.0 Å². The zero-order chi connectivity index (χ0) is 12.3. The highest BCUT2D eigenvalue weighted by atomic mass is 32.2. The van der Waals surface area contributed by atoms with Gasteiger partial charge in [-0.3, -0.25) is 4.72 Å². The van der Waals surface area contributed by atoms with Gasteiger partial charge >= 0.3 is 0 Å². The summed E-state index contributed by atoms with van der Waals surface area (Å²) in [6, 6.07) is 7.96. The number of benzene rings is 1. The minimum atomic E-state index is -3.51. The lowest BCUT2D eigenvalue weighted by Gasteiger charge is -2.06. The van der Waals surface area contributed by atoms with Crippen LogP contribution in [0.4, 0.5) is 5.69 Å². The summed E-state index contributed by atoms with van der Waals surface area (Å²) in [5, 5.41) is 3.55. The van der Waals surface area contributed by atoms with Crippen LogP contribution in [0.15, 0.2) is 46.0 Å². The Morgan fingerprint density at radius 3 is 2.41 bits per heavy atom. The molecule has 0 saturated carbocycles. The molecule has 0 aliphatic rings. The van der Waals surface area contributed by atoms with E-state index in [1.165, 1.54) is 30.6 Å². The summed E-state index contributed by atoms with van der Waals surface area (Å²) in [5.74, 6) is 0.625. The van der Waals surface area contributed by atoms with Crippen molar-refractivity contribution in [3.8, 4) is 5.75 Å². The molecule has 0 radical (unpaired) electrons. The molecule has 0 fully saturated rings. The second-order valence-corrected chi connectivity index (χ2v) is 5.76. The summed E-state index contributed by atoms with van der Waals surface area (Å²) in [5.41, 5.74) is 0.575. The maximum atomic E-state index is 12.0. The van der Waals surface area contributed by atoms with Crippen LogP contribution in [0.2, 0.25) is 0 Å².